The second-order valence-corrected chi connectivity index (χ2v) is 11.2. The molecule has 4 fully saturated rings. The van der Waals surface area contributed by atoms with E-state index in [1.165, 1.54) is 0 Å². The largest absolute Gasteiger partial charge is 0.394 e. The van der Waals surface area contributed by atoms with E-state index in [2.05, 4.69) is 0 Å². The van der Waals surface area contributed by atoms with E-state index in [4.69, 9.17) is 62.8 Å². The number of rotatable bonds is 9. The lowest BCUT2D eigenvalue weighted by molar-refractivity contribution is -0.306. The molecule has 0 aromatic rings. The van der Waals surface area contributed by atoms with Gasteiger partial charge in [-0.05, 0) is 6.42 Å². The highest BCUT2D eigenvalue weighted by molar-refractivity contribution is 5.02. The van der Waals surface area contributed by atoms with Gasteiger partial charge in [0, 0.05) is 25.2 Å². The highest BCUT2D eigenvalue weighted by atomic mass is 16.8. The molecule has 19 nitrogen and oxygen atoms in total. The molecule has 4 aliphatic rings. The van der Waals surface area contributed by atoms with Gasteiger partial charge in [-0.25, -0.2) is 0 Å². The molecule has 19 atom stereocenters. The minimum Gasteiger partial charge on any atom is -0.394 e. The first kappa shape index (κ1) is 34.1. The van der Waals surface area contributed by atoms with Gasteiger partial charge in [-0.3, -0.25) is 0 Å². The van der Waals surface area contributed by atoms with Crippen molar-refractivity contribution in [1.82, 2.24) is 0 Å². The second kappa shape index (κ2) is 14.1. The highest BCUT2D eigenvalue weighted by Gasteiger charge is 2.54. The zero-order valence-corrected chi connectivity index (χ0v) is 22.8. The topological polar surface area (TPSA) is 353 Å². The molecule has 19 N–H and O–H groups in total. The number of aliphatic hydroxyl groups is 7. The molecule has 0 aromatic carbocycles. The fraction of sp³-hybridized carbons (Fsp3) is 1.00. The monoisotopic (exact) mass is 614 g/mol. The summed E-state index contributed by atoms with van der Waals surface area (Å²) in [6.07, 6.45) is -19.8. The summed E-state index contributed by atoms with van der Waals surface area (Å²) in [5.41, 5.74) is 35.6. The molecule has 0 bridgehead atoms. The Labute approximate surface area is 241 Å². The van der Waals surface area contributed by atoms with Gasteiger partial charge in [0.2, 0.25) is 0 Å². The third-order valence-corrected chi connectivity index (χ3v) is 8.37. The van der Waals surface area contributed by atoms with E-state index in [1.807, 2.05) is 0 Å². The Morgan fingerprint density at radius 2 is 0.976 bits per heavy atom. The number of nitrogens with two attached hydrogens (primary N) is 6. The summed E-state index contributed by atoms with van der Waals surface area (Å²) in [6.45, 7) is -0.967. The van der Waals surface area contributed by atoms with Crippen molar-refractivity contribution in [2.75, 3.05) is 19.7 Å². The van der Waals surface area contributed by atoms with Crippen LogP contribution in [0.4, 0.5) is 0 Å². The molecule has 1 saturated carbocycles. The van der Waals surface area contributed by atoms with E-state index in [1.54, 1.807) is 0 Å². The Kier molecular flexibility index (Phi) is 11.5. The van der Waals surface area contributed by atoms with Gasteiger partial charge in [-0.1, -0.05) is 0 Å². The zero-order valence-electron chi connectivity index (χ0n) is 22.8. The number of hydrogen-bond donors (Lipinski definition) is 13. The first-order valence-electron chi connectivity index (χ1n) is 13.9. The van der Waals surface area contributed by atoms with Crippen molar-refractivity contribution in [1.29, 1.82) is 0 Å². The van der Waals surface area contributed by atoms with E-state index in [9.17, 15) is 35.7 Å². The average molecular weight is 615 g/mol. The second-order valence-electron chi connectivity index (χ2n) is 11.2. The first-order chi connectivity index (χ1) is 19.8. The van der Waals surface area contributed by atoms with Crippen molar-refractivity contribution in [3.63, 3.8) is 0 Å². The minimum atomic E-state index is -1.60. The fourth-order valence-electron chi connectivity index (χ4n) is 5.74. The molecule has 1 aliphatic carbocycles. The SMILES string of the molecule is NC[C@@H]1O[C@H](O[C@H]2[C@@H](O)[C@@H](O[C@@H]3[C@H](O)[C@H](N)C[C@H](N)[C@@H]3O[C@@H]3O[C@H](CN)[C@H](O)[C@H](O)[C@@H]3N)O[C@H]2CO)[C@H](N)[C@H](O)[C@H]1O. The van der Waals surface area contributed by atoms with Gasteiger partial charge in [0.15, 0.2) is 18.9 Å². The van der Waals surface area contributed by atoms with E-state index >= 15 is 0 Å². The lowest BCUT2D eigenvalue weighted by atomic mass is 9.84. The predicted octanol–water partition coefficient (Wildman–Crippen LogP) is -8.90. The standard InChI is InChI=1S/C23H46N6O13/c24-2-7-13(32)15(34)10(28)21(37-7)40-18-6(27)1-5(26)12(31)20(18)42-23-17(36)19(9(4-30)39-23)41-22-11(29)16(35)14(33)8(3-25)38-22/h5-23,30-36H,1-4,24-29H2/t5-,6+,7-,8+,9+,10+,11-,12-,13+,14+,15-,16+,17-,18+,19-,20-,21+,22-,23-/m1/s1. The number of ether oxygens (including phenoxy) is 6. The maximum atomic E-state index is 11.1. The molecule has 0 aromatic heterocycles. The molecule has 3 aliphatic heterocycles. The normalized spacial score (nSPS) is 53.8. The zero-order chi connectivity index (χ0) is 31.0. The molecule has 4 rings (SSSR count). The van der Waals surface area contributed by atoms with Crippen molar-refractivity contribution in [2.24, 2.45) is 34.4 Å². The van der Waals surface area contributed by atoms with Crippen LogP contribution in [-0.2, 0) is 28.4 Å². The molecule has 3 heterocycles. The Morgan fingerprint density at radius 1 is 0.524 bits per heavy atom. The summed E-state index contributed by atoms with van der Waals surface area (Å²) in [5.74, 6) is 0. The average Bonchev–Trinajstić information content (AvgIpc) is 3.27. The highest BCUT2D eigenvalue weighted by Crippen LogP contribution is 2.34. The van der Waals surface area contributed by atoms with E-state index < -0.39 is 123 Å². The van der Waals surface area contributed by atoms with Crippen LogP contribution in [0.5, 0.6) is 0 Å². The lowest BCUT2D eigenvalue weighted by Gasteiger charge is -2.47. The van der Waals surface area contributed by atoms with E-state index in [0.29, 0.717) is 0 Å². The smallest absolute Gasteiger partial charge is 0.187 e. The third kappa shape index (κ3) is 6.60. The van der Waals surface area contributed by atoms with Crippen molar-refractivity contribution in [3.8, 4) is 0 Å². The fourth-order valence-corrected chi connectivity index (χ4v) is 5.74. The molecule has 0 radical (unpaired) electrons. The molecular weight excluding hydrogens is 568 g/mol. The van der Waals surface area contributed by atoms with Crippen molar-refractivity contribution >= 4 is 0 Å². The molecular formula is C23H46N6O13. The van der Waals surface area contributed by atoms with Crippen LogP contribution < -0.4 is 34.4 Å². The van der Waals surface area contributed by atoms with Crippen LogP contribution in [0.3, 0.4) is 0 Å². The van der Waals surface area contributed by atoms with Crippen LogP contribution >= 0.6 is 0 Å². The minimum absolute atomic E-state index is 0.0889. The van der Waals surface area contributed by atoms with Crippen molar-refractivity contribution < 1.29 is 64.2 Å². The summed E-state index contributed by atoms with van der Waals surface area (Å²) < 4.78 is 34.6. The number of hydrogen-bond acceptors (Lipinski definition) is 19. The Balaban J connectivity index is 1.50. The van der Waals surface area contributed by atoms with Crippen LogP contribution in [-0.4, -0.2) is 172 Å². The molecule has 0 unspecified atom stereocenters. The Morgan fingerprint density at radius 3 is 1.45 bits per heavy atom. The molecule has 3 saturated heterocycles. The molecule has 42 heavy (non-hydrogen) atoms. The maximum absolute atomic E-state index is 11.1. The summed E-state index contributed by atoms with van der Waals surface area (Å²) in [5, 5.41) is 73.0. The van der Waals surface area contributed by atoms with Crippen LogP contribution in [0.25, 0.3) is 0 Å². The molecule has 19 heteroatoms. The lowest BCUT2D eigenvalue weighted by Crippen LogP contribution is -2.68. The van der Waals surface area contributed by atoms with Gasteiger partial charge in [0.25, 0.3) is 0 Å². The summed E-state index contributed by atoms with van der Waals surface area (Å²) >= 11 is 0. The Hall–Kier alpha value is -0.760. The molecule has 0 spiro atoms. The van der Waals surface area contributed by atoms with Gasteiger partial charge >= 0.3 is 0 Å². The van der Waals surface area contributed by atoms with Crippen LogP contribution in [0.1, 0.15) is 6.42 Å². The molecule has 246 valence electrons. The van der Waals surface area contributed by atoms with Crippen LogP contribution in [0, 0.1) is 0 Å². The van der Waals surface area contributed by atoms with Crippen LogP contribution in [0.15, 0.2) is 0 Å². The molecule has 0 amide bonds. The predicted molar refractivity (Wildman–Crippen MR) is 138 cm³/mol. The maximum Gasteiger partial charge on any atom is 0.187 e. The summed E-state index contributed by atoms with van der Waals surface area (Å²) in [6, 6.07) is -4.18. The Bertz CT molecular complexity index is 868. The van der Waals surface area contributed by atoms with Crippen molar-refractivity contribution in [2.45, 2.75) is 123 Å². The van der Waals surface area contributed by atoms with Gasteiger partial charge in [-0.2, -0.15) is 0 Å². The van der Waals surface area contributed by atoms with Crippen molar-refractivity contribution in [3.05, 3.63) is 0 Å². The van der Waals surface area contributed by atoms with E-state index in [-0.39, 0.29) is 19.5 Å². The van der Waals surface area contributed by atoms with Gasteiger partial charge in [0.1, 0.15) is 67.1 Å². The van der Waals surface area contributed by atoms with Gasteiger partial charge < -0.3 is 98.6 Å². The van der Waals surface area contributed by atoms with Gasteiger partial charge in [0.05, 0.1) is 24.8 Å². The summed E-state index contributed by atoms with van der Waals surface area (Å²) in [4.78, 5) is 0. The third-order valence-electron chi connectivity index (χ3n) is 8.37. The van der Waals surface area contributed by atoms with Gasteiger partial charge in [-0.15, -0.1) is 0 Å². The summed E-state index contributed by atoms with van der Waals surface area (Å²) in [7, 11) is 0. The van der Waals surface area contributed by atoms with Crippen LogP contribution in [0.2, 0.25) is 0 Å². The quantitative estimate of drug-likeness (QED) is 0.115. The number of aliphatic hydroxyl groups excluding tert-OH is 7. The first-order valence-corrected chi connectivity index (χ1v) is 13.9. The van der Waals surface area contributed by atoms with E-state index in [0.717, 1.165) is 0 Å².